The van der Waals surface area contributed by atoms with Crippen molar-refractivity contribution in [3.8, 4) is 0 Å². The monoisotopic (exact) mass is 241 g/mol. The van der Waals surface area contributed by atoms with Crippen LogP contribution in [-0.2, 0) is 11.2 Å². The Morgan fingerprint density at radius 2 is 2.00 bits per heavy atom. The summed E-state index contributed by atoms with van der Waals surface area (Å²) in [6.45, 7) is 1.58. The van der Waals surface area contributed by atoms with Gasteiger partial charge in [0.15, 0.2) is 0 Å². The molecule has 1 atom stereocenters. The molecule has 1 fully saturated rings. The van der Waals surface area contributed by atoms with Crippen LogP contribution >= 0.6 is 0 Å². The molecule has 0 aliphatic carbocycles. The molecule has 0 aromatic heterocycles. The minimum absolute atomic E-state index is 0.128. The molecule has 94 valence electrons. The summed E-state index contributed by atoms with van der Waals surface area (Å²) in [7, 11) is 0. The smallest absolute Gasteiger partial charge is 0.129 e. The Morgan fingerprint density at radius 1 is 1.29 bits per heavy atom. The van der Waals surface area contributed by atoms with Crippen LogP contribution in [0.15, 0.2) is 18.2 Å². The number of hydrogen-bond acceptors (Lipinski definition) is 2. The van der Waals surface area contributed by atoms with Gasteiger partial charge in [-0.1, -0.05) is 6.07 Å². The first-order valence-electron chi connectivity index (χ1n) is 5.88. The van der Waals surface area contributed by atoms with Crippen LogP contribution in [0.25, 0.3) is 0 Å². The van der Waals surface area contributed by atoms with Crippen LogP contribution in [0.2, 0.25) is 0 Å². The Balaban J connectivity index is 2.23. The summed E-state index contributed by atoms with van der Waals surface area (Å²) in [6.07, 6.45) is 2.06. The molecule has 0 spiro atoms. The molecule has 1 saturated heterocycles. The van der Waals surface area contributed by atoms with Gasteiger partial charge in [-0.2, -0.15) is 0 Å². The molecule has 4 heteroatoms. The zero-order valence-corrected chi connectivity index (χ0v) is 9.72. The molecule has 1 aliphatic rings. The van der Waals surface area contributed by atoms with E-state index in [1.54, 1.807) is 0 Å². The summed E-state index contributed by atoms with van der Waals surface area (Å²) in [4.78, 5) is 0. The van der Waals surface area contributed by atoms with Gasteiger partial charge >= 0.3 is 0 Å². The van der Waals surface area contributed by atoms with Gasteiger partial charge in [0, 0.05) is 24.1 Å². The van der Waals surface area contributed by atoms with Crippen molar-refractivity contribution in [2.24, 2.45) is 11.1 Å². The molecule has 2 N–H and O–H groups in total. The quantitative estimate of drug-likeness (QED) is 0.881. The van der Waals surface area contributed by atoms with Crippen molar-refractivity contribution in [3.05, 3.63) is 35.4 Å². The highest BCUT2D eigenvalue weighted by atomic mass is 19.1. The van der Waals surface area contributed by atoms with Crippen LogP contribution in [0.3, 0.4) is 0 Å². The van der Waals surface area contributed by atoms with E-state index in [9.17, 15) is 8.78 Å². The van der Waals surface area contributed by atoms with Gasteiger partial charge < -0.3 is 10.5 Å². The maximum absolute atomic E-state index is 13.6. The van der Waals surface area contributed by atoms with E-state index in [-0.39, 0.29) is 11.0 Å². The van der Waals surface area contributed by atoms with E-state index < -0.39 is 11.6 Å². The summed E-state index contributed by atoms with van der Waals surface area (Å²) >= 11 is 0. The number of benzene rings is 1. The molecule has 0 amide bonds. The summed E-state index contributed by atoms with van der Waals surface area (Å²) in [5.41, 5.74) is 5.57. The third-order valence-corrected chi connectivity index (χ3v) is 3.45. The lowest BCUT2D eigenvalue weighted by atomic mass is 9.77. The Labute approximate surface area is 99.8 Å². The van der Waals surface area contributed by atoms with Crippen LogP contribution in [0.5, 0.6) is 0 Å². The molecule has 2 nitrogen and oxygen atoms in total. The topological polar surface area (TPSA) is 35.2 Å². The average molecular weight is 241 g/mol. The average Bonchev–Trinajstić information content (AvgIpc) is 2.35. The number of rotatable bonds is 3. The zero-order chi connectivity index (χ0) is 12.3. The molecule has 1 aliphatic heterocycles. The lowest BCUT2D eigenvalue weighted by Crippen LogP contribution is -2.41. The van der Waals surface area contributed by atoms with E-state index >= 15 is 0 Å². The van der Waals surface area contributed by atoms with Gasteiger partial charge in [-0.15, -0.1) is 0 Å². The van der Waals surface area contributed by atoms with E-state index in [1.165, 1.54) is 18.2 Å². The van der Waals surface area contributed by atoms with Gasteiger partial charge in [-0.05, 0) is 31.4 Å². The fourth-order valence-corrected chi connectivity index (χ4v) is 2.36. The van der Waals surface area contributed by atoms with Crippen molar-refractivity contribution in [1.29, 1.82) is 0 Å². The predicted octanol–water partition coefficient (Wildman–Crippen LogP) is 2.26. The van der Waals surface area contributed by atoms with E-state index in [1.807, 2.05) is 0 Å². The van der Waals surface area contributed by atoms with Crippen molar-refractivity contribution in [3.63, 3.8) is 0 Å². The standard InChI is InChI=1S/C13H17F2NO/c14-11-3-1-4-12(15)10(11)7-13(8-16)5-2-6-17-9-13/h1,3-4H,2,5-9,16H2. The molecule has 0 radical (unpaired) electrons. The van der Waals surface area contributed by atoms with Gasteiger partial charge in [-0.3, -0.25) is 0 Å². The molecular formula is C13H17F2NO. The van der Waals surface area contributed by atoms with Crippen molar-refractivity contribution in [2.45, 2.75) is 19.3 Å². The van der Waals surface area contributed by atoms with Crippen LogP contribution in [0.1, 0.15) is 18.4 Å². The Hall–Kier alpha value is -1.00. The maximum Gasteiger partial charge on any atom is 0.129 e. The van der Waals surface area contributed by atoms with Crippen LogP contribution < -0.4 is 5.73 Å². The largest absolute Gasteiger partial charge is 0.381 e. The van der Waals surface area contributed by atoms with E-state index in [0.29, 0.717) is 26.2 Å². The molecule has 0 saturated carbocycles. The summed E-state index contributed by atoms with van der Waals surface area (Å²) < 4.78 is 32.6. The molecule has 17 heavy (non-hydrogen) atoms. The SMILES string of the molecule is NCC1(Cc2c(F)cccc2F)CCCOC1. The molecule has 1 unspecified atom stereocenters. The normalized spacial score (nSPS) is 24.9. The minimum atomic E-state index is -0.497. The van der Waals surface area contributed by atoms with E-state index in [0.717, 1.165) is 12.8 Å². The van der Waals surface area contributed by atoms with Crippen LogP contribution in [-0.4, -0.2) is 19.8 Å². The molecule has 2 rings (SSSR count). The second-order valence-corrected chi connectivity index (χ2v) is 4.74. The first-order chi connectivity index (χ1) is 8.17. The Bertz CT molecular complexity index is 369. The second-order valence-electron chi connectivity index (χ2n) is 4.74. The first-order valence-corrected chi connectivity index (χ1v) is 5.88. The summed E-state index contributed by atoms with van der Waals surface area (Å²) in [5, 5.41) is 0. The first kappa shape index (κ1) is 12.5. The molecule has 1 aromatic rings. The van der Waals surface area contributed by atoms with E-state index in [2.05, 4.69) is 0 Å². The summed E-state index contributed by atoms with van der Waals surface area (Å²) in [6, 6.07) is 3.94. The van der Waals surface area contributed by atoms with E-state index in [4.69, 9.17) is 10.5 Å². The highest BCUT2D eigenvalue weighted by Crippen LogP contribution is 2.33. The highest BCUT2D eigenvalue weighted by Gasteiger charge is 2.33. The minimum Gasteiger partial charge on any atom is -0.381 e. The van der Waals surface area contributed by atoms with Crippen LogP contribution in [0.4, 0.5) is 8.78 Å². The molecule has 0 bridgehead atoms. The fraction of sp³-hybridized carbons (Fsp3) is 0.538. The third-order valence-electron chi connectivity index (χ3n) is 3.45. The fourth-order valence-electron chi connectivity index (χ4n) is 2.36. The lowest BCUT2D eigenvalue weighted by molar-refractivity contribution is -0.00342. The highest BCUT2D eigenvalue weighted by molar-refractivity contribution is 5.21. The lowest BCUT2D eigenvalue weighted by Gasteiger charge is -2.36. The zero-order valence-electron chi connectivity index (χ0n) is 9.72. The van der Waals surface area contributed by atoms with Gasteiger partial charge in [0.2, 0.25) is 0 Å². The van der Waals surface area contributed by atoms with Gasteiger partial charge in [0.1, 0.15) is 11.6 Å². The van der Waals surface area contributed by atoms with Crippen molar-refractivity contribution >= 4 is 0 Å². The molecule has 1 heterocycles. The number of ether oxygens (including phenoxy) is 1. The van der Waals surface area contributed by atoms with Gasteiger partial charge in [0.05, 0.1) is 6.61 Å². The number of hydrogen-bond donors (Lipinski definition) is 1. The predicted molar refractivity (Wildman–Crippen MR) is 61.6 cm³/mol. The molecular weight excluding hydrogens is 224 g/mol. The number of nitrogens with two attached hydrogens (primary N) is 1. The van der Waals surface area contributed by atoms with Gasteiger partial charge in [-0.25, -0.2) is 8.78 Å². The van der Waals surface area contributed by atoms with Crippen molar-refractivity contribution < 1.29 is 13.5 Å². The van der Waals surface area contributed by atoms with Gasteiger partial charge in [0.25, 0.3) is 0 Å². The summed E-state index contributed by atoms with van der Waals surface area (Å²) in [5.74, 6) is -0.994. The Morgan fingerprint density at radius 3 is 2.53 bits per heavy atom. The Kier molecular flexibility index (Phi) is 3.74. The number of halogens is 2. The second kappa shape index (κ2) is 5.10. The maximum atomic E-state index is 13.6. The van der Waals surface area contributed by atoms with Crippen molar-refractivity contribution in [2.75, 3.05) is 19.8 Å². The third kappa shape index (κ3) is 2.64. The van der Waals surface area contributed by atoms with Crippen molar-refractivity contribution in [1.82, 2.24) is 0 Å². The molecule has 1 aromatic carbocycles. The van der Waals surface area contributed by atoms with Crippen LogP contribution in [0, 0.1) is 17.0 Å².